The van der Waals surface area contributed by atoms with E-state index in [4.69, 9.17) is 11.6 Å². The van der Waals surface area contributed by atoms with Crippen molar-refractivity contribution in [2.24, 2.45) is 0 Å². The third-order valence-corrected chi connectivity index (χ3v) is 2.64. The molecule has 19 heavy (non-hydrogen) atoms. The van der Waals surface area contributed by atoms with E-state index < -0.39 is 0 Å². The van der Waals surface area contributed by atoms with Gasteiger partial charge in [0.05, 0.1) is 0 Å². The number of amides is 2. The zero-order valence-electron chi connectivity index (χ0n) is 11.4. The summed E-state index contributed by atoms with van der Waals surface area (Å²) >= 11 is 5.97. The molecule has 1 aromatic rings. The zero-order valence-corrected chi connectivity index (χ0v) is 12.2. The molecule has 0 saturated heterocycles. The Kier molecular flexibility index (Phi) is 5.36. The predicted octanol–water partition coefficient (Wildman–Crippen LogP) is 2.26. The molecule has 2 N–H and O–H groups in total. The fourth-order valence-electron chi connectivity index (χ4n) is 1.51. The van der Waals surface area contributed by atoms with Crippen LogP contribution in [0, 0.1) is 0 Å². The molecule has 0 bridgehead atoms. The Morgan fingerprint density at radius 3 is 2.37 bits per heavy atom. The molecule has 0 atom stereocenters. The highest BCUT2D eigenvalue weighted by atomic mass is 35.5. The lowest BCUT2D eigenvalue weighted by Crippen LogP contribution is -2.42. The second-order valence-electron chi connectivity index (χ2n) is 5.34. The van der Waals surface area contributed by atoms with E-state index in [0.717, 1.165) is 5.56 Å². The summed E-state index contributed by atoms with van der Waals surface area (Å²) in [7, 11) is 0. The van der Waals surface area contributed by atoms with Gasteiger partial charge in [-0.1, -0.05) is 29.8 Å². The van der Waals surface area contributed by atoms with Crippen LogP contribution in [0.1, 0.15) is 32.8 Å². The first-order chi connectivity index (χ1) is 8.78. The first kappa shape index (κ1) is 15.5. The fraction of sp³-hybridized carbons (Fsp3) is 0.429. The van der Waals surface area contributed by atoms with Crippen LogP contribution in [0.15, 0.2) is 24.3 Å². The number of hydrogen-bond acceptors (Lipinski definition) is 2. The Labute approximate surface area is 118 Å². The average Bonchev–Trinajstić information content (AvgIpc) is 2.25. The second-order valence-corrected chi connectivity index (χ2v) is 5.75. The van der Waals surface area contributed by atoms with Gasteiger partial charge < -0.3 is 10.6 Å². The molecule has 0 fully saturated rings. The molecule has 1 aromatic carbocycles. The fourth-order valence-corrected chi connectivity index (χ4v) is 1.71. The summed E-state index contributed by atoms with van der Waals surface area (Å²) < 4.78 is 0. The van der Waals surface area contributed by atoms with Crippen molar-refractivity contribution in [3.05, 3.63) is 34.9 Å². The average molecular weight is 283 g/mol. The minimum absolute atomic E-state index is 0.179. The number of nitrogens with one attached hydrogen (secondary N) is 2. The maximum Gasteiger partial charge on any atom is 0.229 e. The number of rotatable bonds is 4. The molecule has 0 saturated carbocycles. The molecule has 0 aliphatic rings. The van der Waals surface area contributed by atoms with Crippen molar-refractivity contribution < 1.29 is 9.59 Å². The Morgan fingerprint density at radius 2 is 1.79 bits per heavy atom. The highest BCUT2D eigenvalue weighted by Gasteiger charge is 2.16. The Hall–Kier alpha value is -1.55. The molecule has 0 aliphatic heterocycles. The number of halogens is 1. The molecule has 2 amide bonds. The summed E-state index contributed by atoms with van der Waals surface area (Å²) in [4.78, 5) is 23.2. The van der Waals surface area contributed by atoms with Crippen molar-refractivity contribution in [3.8, 4) is 0 Å². The van der Waals surface area contributed by atoms with Gasteiger partial charge in [0.25, 0.3) is 0 Å². The topological polar surface area (TPSA) is 58.2 Å². The SMILES string of the molecule is CC(C)(C)NC(=O)CC(=O)NCc1ccccc1Cl. The van der Waals surface area contributed by atoms with Crippen LogP contribution in [0.5, 0.6) is 0 Å². The van der Waals surface area contributed by atoms with Crippen molar-refractivity contribution >= 4 is 23.4 Å². The van der Waals surface area contributed by atoms with E-state index in [1.165, 1.54) is 0 Å². The lowest BCUT2D eigenvalue weighted by molar-refractivity contribution is -0.130. The van der Waals surface area contributed by atoms with Crippen LogP contribution in [-0.4, -0.2) is 17.4 Å². The molecule has 1 rings (SSSR count). The van der Waals surface area contributed by atoms with Gasteiger partial charge in [-0.3, -0.25) is 9.59 Å². The summed E-state index contributed by atoms with van der Waals surface area (Å²) in [6.07, 6.45) is -0.179. The van der Waals surface area contributed by atoms with E-state index in [0.29, 0.717) is 11.6 Å². The molecule has 104 valence electrons. The molecule has 0 heterocycles. The largest absolute Gasteiger partial charge is 0.352 e. The van der Waals surface area contributed by atoms with Gasteiger partial charge >= 0.3 is 0 Å². The van der Waals surface area contributed by atoms with E-state index in [1.54, 1.807) is 6.07 Å². The first-order valence-corrected chi connectivity index (χ1v) is 6.47. The normalized spacial score (nSPS) is 10.9. The van der Waals surface area contributed by atoms with Gasteiger partial charge in [-0.05, 0) is 32.4 Å². The van der Waals surface area contributed by atoms with Crippen molar-refractivity contribution in [3.63, 3.8) is 0 Å². The standard InChI is InChI=1S/C14H19ClN2O2/c1-14(2,3)17-13(19)8-12(18)16-9-10-6-4-5-7-11(10)15/h4-7H,8-9H2,1-3H3,(H,16,18)(H,17,19). The Balaban J connectivity index is 2.40. The first-order valence-electron chi connectivity index (χ1n) is 6.09. The lowest BCUT2D eigenvalue weighted by atomic mass is 10.1. The van der Waals surface area contributed by atoms with E-state index in [2.05, 4.69) is 10.6 Å². The quantitative estimate of drug-likeness (QED) is 0.832. The highest BCUT2D eigenvalue weighted by molar-refractivity contribution is 6.31. The van der Waals surface area contributed by atoms with Gasteiger partial charge in [0.2, 0.25) is 11.8 Å². The Morgan fingerprint density at radius 1 is 1.16 bits per heavy atom. The summed E-state index contributed by atoms with van der Waals surface area (Å²) in [5.74, 6) is -0.606. The van der Waals surface area contributed by atoms with Crippen LogP contribution in [0.4, 0.5) is 0 Å². The van der Waals surface area contributed by atoms with Crippen LogP contribution in [0.2, 0.25) is 5.02 Å². The predicted molar refractivity (Wildman–Crippen MR) is 75.8 cm³/mol. The highest BCUT2D eigenvalue weighted by Crippen LogP contribution is 2.14. The summed E-state index contributed by atoms with van der Waals surface area (Å²) in [6.45, 7) is 5.92. The van der Waals surface area contributed by atoms with Gasteiger partial charge in [-0.25, -0.2) is 0 Å². The van der Waals surface area contributed by atoms with Crippen molar-refractivity contribution in [1.82, 2.24) is 10.6 Å². The van der Waals surface area contributed by atoms with E-state index in [1.807, 2.05) is 39.0 Å². The summed E-state index contributed by atoms with van der Waals surface area (Å²) in [5.41, 5.74) is 0.494. The van der Waals surface area contributed by atoms with Crippen LogP contribution >= 0.6 is 11.6 Å². The van der Waals surface area contributed by atoms with Gasteiger partial charge in [-0.2, -0.15) is 0 Å². The monoisotopic (exact) mass is 282 g/mol. The van der Waals surface area contributed by atoms with Crippen molar-refractivity contribution in [1.29, 1.82) is 0 Å². The van der Waals surface area contributed by atoms with Gasteiger partial charge in [0.1, 0.15) is 6.42 Å². The number of carbonyl (C=O) groups is 2. The Bertz CT molecular complexity index is 467. The van der Waals surface area contributed by atoms with Crippen LogP contribution in [0.3, 0.4) is 0 Å². The number of carbonyl (C=O) groups excluding carboxylic acids is 2. The zero-order chi connectivity index (χ0) is 14.5. The molecule has 0 aliphatic carbocycles. The third-order valence-electron chi connectivity index (χ3n) is 2.27. The van der Waals surface area contributed by atoms with Crippen LogP contribution in [0.25, 0.3) is 0 Å². The van der Waals surface area contributed by atoms with Gasteiger partial charge in [-0.15, -0.1) is 0 Å². The molecule has 0 unspecified atom stereocenters. The van der Waals surface area contributed by atoms with E-state index >= 15 is 0 Å². The van der Waals surface area contributed by atoms with Crippen LogP contribution in [-0.2, 0) is 16.1 Å². The van der Waals surface area contributed by atoms with E-state index in [-0.39, 0.29) is 23.8 Å². The summed E-state index contributed by atoms with van der Waals surface area (Å²) in [6, 6.07) is 7.26. The third kappa shape index (κ3) is 6.25. The maximum atomic E-state index is 11.6. The minimum Gasteiger partial charge on any atom is -0.352 e. The molecule has 5 heteroatoms. The molecule has 0 radical (unpaired) electrons. The molecule has 4 nitrogen and oxygen atoms in total. The maximum absolute atomic E-state index is 11.6. The smallest absolute Gasteiger partial charge is 0.229 e. The van der Waals surface area contributed by atoms with E-state index in [9.17, 15) is 9.59 Å². The molecular weight excluding hydrogens is 264 g/mol. The minimum atomic E-state index is -0.333. The van der Waals surface area contributed by atoms with Gasteiger partial charge in [0.15, 0.2) is 0 Å². The van der Waals surface area contributed by atoms with Crippen molar-refractivity contribution in [2.75, 3.05) is 0 Å². The molecular formula is C14H19ClN2O2. The number of hydrogen-bond donors (Lipinski definition) is 2. The lowest BCUT2D eigenvalue weighted by Gasteiger charge is -2.20. The van der Waals surface area contributed by atoms with Crippen LogP contribution < -0.4 is 10.6 Å². The van der Waals surface area contributed by atoms with Crippen molar-refractivity contribution in [2.45, 2.75) is 39.3 Å². The second kappa shape index (κ2) is 6.57. The summed E-state index contributed by atoms with van der Waals surface area (Å²) in [5, 5.41) is 6.01. The number of benzene rings is 1. The van der Waals surface area contributed by atoms with Gasteiger partial charge in [0, 0.05) is 17.1 Å². The molecule has 0 spiro atoms. The molecule has 0 aromatic heterocycles.